The number of H-pyrrole nitrogens is 1. The maximum Gasteiger partial charge on any atom is 0.110 e. The molecule has 0 aliphatic heterocycles. The molecule has 0 spiro atoms. The first-order valence-corrected chi connectivity index (χ1v) is 5.38. The van der Waals surface area contributed by atoms with Gasteiger partial charge in [-0.15, -0.1) is 0 Å². The molecule has 0 radical (unpaired) electrons. The highest BCUT2D eigenvalue weighted by Gasteiger charge is 2.25. The van der Waals surface area contributed by atoms with E-state index in [1.807, 2.05) is 12.3 Å². The molecule has 78 valence electrons. The van der Waals surface area contributed by atoms with Gasteiger partial charge in [0.25, 0.3) is 0 Å². The van der Waals surface area contributed by atoms with E-state index in [2.05, 4.69) is 15.0 Å². The molecule has 1 saturated carbocycles. The summed E-state index contributed by atoms with van der Waals surface area (Å²) in [5.41, 5.74) is 7.92. The van der Waals surface area contributed by atoms with Gasteiger partial charge in [-0.2, -0.15) is 0 Å². The van der Waals surface area contributed by atoms with Crippen LogP contribution in [-0.4, -0.2) is 21.0 Å². The number of rotatable bonds is 1. The summed E-state index contributed by atoms with van der Waals surface area (Å²) in [7, 11) is 0. The molecule has 2 heterocycles. The number of hydrogen-bond donors (Lipinski definition) is 2. The van der Waals surface area contributed by atoms with E-state index in [4.69, 9.17) is 5.73 Å². The SMILES string of the molecule is N[C@H]1CC[C@@H](c2nc3ccncc3[nH]2)C1. The topological polar surface area (TPSA) is 67.6 Å². The summed E-state index contributed by atoms with van der Waals surface area (Å²) in [6, 6.07) is 2.28. The molecule has 2 aromatic rings. The first-order valence-electron chi connectivity index (χ1n) is 5.38. The molecule has 1 fully saturated rings. The number of nitrogens with two attached hydrogens (primary N) is 1. The zero-order chi connectivity index (χ0) is 10.3. The largest absolute Gasteiger partial charge is 0.340 e. The van der Waals surface area contributed by atoms with Crippen molar-refractivity contribution < 1.29 is 0 Å². The molecule has 3 N–H and O–H groups in total. The van der Waals surface area contributed by atoms with Gasteiger partial charge in [-0.1, -0.05) is 0 Å². The molecule has 0 saturated heterocycles. The molecule has 2 atom stereocenters. The van der Waals surface area contributed by atoms with Gasteiger partial charge in [0.15, 0.2) is 0 Å². The Balaban J connectivity index is 1.98. The Bertz CT molecular complexity index is 443. The van der Waals surface area contributed by atoms with Gasteiger partial charge in [0, 0.05) is 18.2 Å². The van der Waals surface area contributed by atoms with E-state index in [1.165, 1.54) is 0 Å². The summed E-state index contributed by atoms with van der Waals surface area (Å²) in [6.07, 6.45) is 6.90. The summed E-state index contributed by atoms with van der Waals surface area (Å²) < 4.78 is 0. The van der Waals surface area contributed by atoms with Gasteiger partial charge in [0.2, 0.25) is 0 Å². The quantitative estimate of drug-likeness (QED) is 0.737. The summed E-state index contributed by atoms with van der Waals surface area (Å²) in [5.74, 6) is 1.58. The van der Waals surface area contributed by atoms with Gasteiger partial charge >= 0.3 is 0 Å². The van der Waals surface area contributed by atoms with Crippen LogP contribution in [0.3, 0.4) is 0 Å². The van der Waals surface area contributed by atoms with Crippen LogP contribution in [0.15, 0.2) is 18.5 Å². The lowest BCUT2D eigenvalue weighted by Gasteiger charge is -2.04. The molecule has 15 heavy (non-hydrogen) atoms. The lowest BCUT2D eigenvalue weighted by atomic mass is 10.1. The average molecular weight is 202 g/mol. The van der Waals surface area contributed by atoms with Crippen LogP contribution >= 0.6 is 0 Å². The van der Waals surface area contributed by atoms with Crippen molar-refractivity contribution in [3.8, 4) is 0 Å². The van der Waals surface area contributed by atoms with E-state index in [9.17, 15) is 0 Å². The number of pyridine rings is 1. The molecule has 4 heteroatoms. The summed E-state index contributed by atoms with van der Waals surface area (Å²) >= 11 is 0. The molecule has 3 rings (SSSR count). The molecular weight excluding hydrogens is 188 g/mol. The van der Waals surface area contributed by atoms with E-state index in [0.717, 1.165) is 36.1 Å². The van der Waals surface area contributed by atoms with Crippen LogP contribution in [0.2, 0.25) is 0 Å². The molecular formula is C11H14N4. The minimum atomic E-state index is 0.348. The number of fused-ring (bicyclic) bond motifs is 1. The van der Waals surface area contributed by atoms with Crippen LogP contribution in [0.4, 0.5) is 0 Å². The molecule has 0 amide bonds. The van der Waals surface area contributed by atoms with Gasteiger partial charge in [-0.05, 0) is 25.3 Å². The fraction of sp³-hybridized carbons (Fsp3) is 0.455. The maximum absolute atomic E-state index is 5.90. The first kappa shape index (κ1) is 8.85. The highest BCUT2D eigenvalue weighted by atomic mass is 14.9. The zero-order valence-corrected chi connectivity index (χ0v) is 8.48. The Kier molecular flexibility index (Phi) is 1.95. The van der Waals surface area contributed by atoms with Crippen LogP contribution in [0.25, 0.3) is 11.0 Å². The predicted octanol–water partition coefficient (Wildman–Crippen LogP) is 1.55. The van der Waals surface area contributed by atoms with Crippen molar-refractivity contribution in [3.05, 3.63) is 24.3 Å². The van der Waals surface area contributed by atoms with Gasteiger partial charge in [0.1, 0.15) is 5.82 Å². The van der Waals surface area contributed by atoms with Gasteiger partial charge in [-0.25, -0.2) is 4.98 Å². The summed E-state index contributed by atoms with van der Waals surface area (Å²) in [5, 5.41) is 0. The van der Waals surface area contributed by atoms with Crippen LogP contribution < -0.4 is 5.73 Å². The highest BCUT2D eigenvalue weighted by Crippen LogP contribution is 2.32. The lowest BCUT2D eigenvalue weighted by Crippen LogP contribution is -2.14. The Labute approximate surface area is 87.9 Å². The van der Waals surface area contributed by atoms with Gasteiger partial charge in [-0.3, -0.25) is 4.98 Å². The third-order valence-corrected chi connectivity index (χ3v) is 3.16. The second-order valence-electron chi connectivity index (χ2n) is 4.28. The second kappa shape index (κ2) is 3.31. The van der Waals surface area contributed by atoms with Crippen molar-refractivity contribution in [2.24, 2.45) is 5.73 Å². The normalized spacial score (nSPS) is 26.2. The van der Waals surface area contributed by atoms with Gasteiger partial charge < -0.3 is 10.7 Å². The molecule has 1 aliphatic rings. The van der Waals surface area contributed by atoms with E-state index >= 15 is 0 Å². The number of imidazole rings is 1. The second-order valence-corrected chi connectivity index (χ2v) is 4.28. The van der Waals surface area contributed by atoms with Crippen LogP contribution in [-0.2, 0) is 0 Å². The van der Waals surface area contributed by atoms with E-state index in [0.29, 0.717) is 12.0 Å². The van der Waals surface area contributed by atoms with Crippen molar-refractivity contribution in [1.82, 2.24) is 15.0 Å². The number of nitrogens with zero attached hydrogens (tertiary/aromatic N) is 2. The maximum atomic E-state index is 5.90. The fourth-order valence-corrected chi connectivity index (χ4v) is 2.33. The van der Waals surface area contributed by atoms with Crippen molar-refractivity contribution in [2.45, 2.75) is 31.2 Å². The number of aromatic amines is 1. The van der Waals surface area contributed by atoms with Crippen molar-refractivity contribution in [1.29, 1.82) is 0 Å². The van der Waals surface area contributed by atoms with Crippen LogP contribution in [0.5, 0.6) is 0 Å². The number of nitrogens with one attached hydrogen (secondary N) is 1. The molecule has 2 aromatic heterocycles. The number of hydrogen-bond acceptors (Lipinski definition) is 3. The monoisotopic (exact) mass is 202 g/mol. The van der Waals surface area contributed by atoms with Crippen molar-refractivity contribution in [2.75, 3.05) is 0 Å². The zero-order valence-electron chi connectivity index (χ0n) is 8.48. The standard InChI is InChI=1S/C11H14N4/c12-8-2-1-7(5-8)11-14-9-3-4-13-6-10(9)15-11/h3-4,6-8H,1-2,5,12H2,(H,14,15)/t7-,8+/m1/s1. The fourth-order valence-electron chi connectivity index (χ4n) is 2.33. The van der Waals surface area contributed by atoms with Crippen LogP contribution in [0.1, 0.15) is 31.0 Å². The Morgan fingerprint density at radius 3 is 3.07 bits per heavy atom. The van der Waals surface area contributed by atoms with Gasteiger partial charge in [0.05, 0.1) is 17.2 Å². The summed E-state index contributed by atoms with van der Waals surface area (Å²) in [4.78, 5) is 12.0. The predicted molar refractivity (Wildman–Crippen MR) is 58.5 cm³/mol. The van der Waals surface area contributed by atoms with E-state index in [1.54, 1.807) is 6.20 Å². The molecule has 0 aromatic carbocycles. The lowest BCUT2D eigenvalue weighted by molar-refractivity contribution is 0.651. The molecule has 0 bridgehead atoms. The minimum Gasteiger partial charge on any atom is -0.340 e. The Hall–Kier alpha value is -1.42. The van der Waals surface area contributed by atoms with Crippen molar-refractivity contribution in [3.63, 3.8) is 0 Å². The molecule has 0 unspecified atom stereocenters. The van der Waals surface area contributed by atoms with Crippen LogP contribution in [0, 0.1) is 0 Å². The van der Waals surface area contributed by atoms with E-state index < -0.39 is 0 Å². The highest BCUT2D eigenvalue weighted by molar-refractivity contribution is 5.73. The third kappa shape index (κ3) is 1.51. The number of aromatic nitrogens is 3. The average Bonchev–Trinajstić information content (AvgIpc) is 2.82. The third-order valence-electron chi connectivity index (χ3n) is 3.16. The Morgan fingerprint density at radius 2 is 2.33 bits per heavy atom. The minimum absolute atomic E-state index is 0.348. The first-order chi connectivity index (χ1) is 7.33. The van der Waals surface area contributed by atoms with E-state index in [-0.39, 0.29) is 0 Å². The van der Waals surface area contributed by atoms with Crippen molar-refractivity contribution >= 4 is 11.0 Å². The molecule has 1 aliphatic carbocycles. The smallest absolute Gasteiger partial charge is 0.110 e. The molecule has 4 nitrogen and oxygen atoms in total. The summed E-state index contributed by atoms with van der Waals surface area (Å²) in [6.45, 7) is 0. The Morgan fingerprint density at radius 1 is 1.40 bits per heavy atom.